The Labute approximate surface area is 368 Å². The van der Waals surface area contributed by atoms with Gasteiger partial charge in [0.2, 0.25) is 0 Å². The van der Waals surface area contributed by atoms with Gasteiger partial charge in [0, 0.05) is 49.0 Å². The molecular weight excluding hydrogens is 789 g/mol. The van der Waals surface area contributed by atoms with Crippen LogP contribution in [0.4, 0.5) is 0 Å². The van der Waals surface area contributed by atoms with Gasteiger partial charge in [-0.15, -0.1) is 11.3 Å². The molecule has 3 aromatic heterocycles. The fraction of sp³-hybridized carbons (Fsp3) is 0.0536. The Morgan fingerprint density at radius 3 is 1.86 bits per heavy atom. The van der Waals surface area contributed by atoms with Gasteiger partial charge in [0.1, 0.15) is 5.82 Å². The summed E-state index contributed by atoms with van der Waals surface area (Å²) in [6.45, 7) is 2.16. The van der Waals surface area contributed by atoms with Gasteiger partial charge in [-0.2, -0.15) is 5.26 Å². The second kappa shape index (κ2) is 14.6. The van der Waals surface area contributed by atoms with Crippen molar-refractivity contribution >= 4 is 42.5 Å². The molecule has 0 radical (unpaired) electrons. The first kappa shape index (κ1) is 36.8. The lowest BCUT2D eigenvalue weighted by molar-refractivity contribution is 0.768. The molecule has 6 nitrogen and oxygen atoms in total. The maximum absolute atomic E-state index is 9.90. The third kappa shape index (κ3) is 5.69. The van der Waals surface area contributed by atoms with Crippen molar-refractivity contribution in [2.45, 2.75) is 18.8 Å². The number of fused-ring (bicyclic) bond motifs is 8. The SMILES string of the molecule is CCc1nc2ccccc2n1-c1ccc(C2(c3ccccc3)c3ccc(-c4nc(-c5ccccc5)nc(-c5ccccc5)n4)cc3-c3c2ccc2sc4cc(C#N)ccc4c32)cc1. The zero-order chi connectivity index (χ0) is 42.1. The molecule has 296 valence electrons. The third-order valence-electron chi connectivity index (χ3n) is 12.5. The molecule has 0 amide bonds. The van der Waals surface area contributed by atoms with E-state index in [9.17, 15) is 5.26 Å². The average molecular weight is 825 g/mol. The monoisotopic (exact) mass is 824 g/mol. The van der Waals surface area contributed by atoms with Gasteiger partial charge in [-0.05, 0) is 81.9 Å². The van der Waals surface area contributed by atoms with Gasteiger partial charge in [-0.25, -0.2) is 19.9 Å². The van der Waals surface area contributed by atoms with E-state index in [2.05, 4.69) is 127 Å². The first-order valence-corrected chi connectivity index (χ1v) is 22.0. The molecule has 8 aromatic carbocycles. The molecule has 0 saturated heterocycles. The van der Waals surface area contributed by atoms with Gasteiger partial charge in [0.15, 0.2) is 17.5 Å². The number of para-hydroxylation sites is 2. The summed E-state index contributed by atoms with van der Waals surface area (Å²) in [5.41, 5.74) is 12.9. The first-order valence-electron chi connectivity index (χ1n) is 21.2. The third-order valence-corrected chi connectivity index (χ3v) is 13.7. The fourth-order valence-corrected chi connectivity index (χ4v) is 10.9. The molecule has 0 aliphatic heterocycles. The number of rotatable bonds is 7. The van der Waals surface area contributed by atoms with Crippen LogP contribution in [0.3, 0.4) is 0 Å². The van der Waals surface area contributed by atoms with Crippen LogP contribution in [0.25, 0.3) is 82.2 Å². The standard InChI is InChI=1S/C56H36N6S/c1-2-50-58-46-20-12-13-21-47(46)62(50)41-26-24-40(25-27-41)56(39-18-10-5-11-19-39)44-29-23-38(55-60-53(36-14-6-3-7-15-36)59-54(61-55)37-16-8-4-9-17-37)33-43(44)51-45(56)30-31-48-52(51)42-28-22-35(34-57)32-49(42)63-48/h3-33H,2H2,1H3. The highest BCUT2D eigenvalue weighted by Gasteiger charge is 2.47. The molecule has 63 heavy (non-hydrogen) atoms. The zero-order valence-electron chi connectivity index (χ0n) is 34.2. The molecule has 3 heterocycles. The lowest BCUT2D eigenvalue weighted by Crippen LogP contribution is -2.28. The average Bonchev–Trinajstić information content (AvgIpc) is 4.02. The Morgan fingerprint density at radius 2 is 1.17 bits per heavy atom. The van der Waals surface area contributed by atoms with E-state index in [0.717, 1.165) is 66.9 Å². The summed E-state index contributed by atoms with van der Waals surface area (Å²) < 4.78 is 4.55. The Balaban J connectivity index is 1.14. The second-order valence-corrected chi connectivity index (χ2v) is 17.0. The van der Waals surface area contributed by atoms with Crippen molar-refractivity contribution in [3.05, 3.63) is 222 Å². The highest BCUT2D eigenvalue weighted by Crippen LogP contribution is 2.60. The Kier molecular flexibility index (Phi) is 8.49. The Morgan fingerprint density at radius 1 is 0.556 bits per heavy atom. The van der Waals surface area contributed by atoms with Crippen LogP contribution in [-0.2, 0) is 11.8 Å². The predicted octanol–water partition coefficient (Wildman–Crippen LogP) is 13.4. The number of hydrogen-bond donors (Lipinski definition) is 0. The van der Waals surface area contributed by atoms with Gasteiger partial charge in [-0.3, -0.25) is 4.57 Å². The molecule has 0 spiro atoms. The van der Waals surface area contributed by atoms with Crippen molar-refractivity contribution < 1.29 is 0 Å². The summed E-state index contributed by atoms with van der Waals surface area (Å²) in [7, 11) is 0. The molecular formula is C56H36N6S. The molecule has 1 aliphatic rings. The Bertz CT molecular complexity index is 3550. The summed E-state index contributed by atoms with van der Waals surface area (Å²) in [5.74, 6) is 2.88. The van der Waals surface area contributed by atoms with Crippen molar-refractivity contribution in [1.29, 1.82) is 5.26 Å². The predicted molar refractivity (Wildman–Crippen MR) is 255 cm³/mol. The number of nitriles is 1. The van der Waals surface area contributed by atoms with Crippen LogP contribution < -0.4 is 0 Å². The van der Waals surface area contributed by atoms with Crippen LogP contribution in [0.2, 0.25) is 0 Å². The highest BCUT2D eigenvalue weighted by atomic mass is 32.1. The number of thiophene rings is 1. The van der Waals surface area contributed by atoms with Gasteiger partial charge in [-0.1, -0.05) is 146 Å². The van der Waals surface area contributed by atoms with E-state index in [0.29, 0.717) is 23.0 Å². The number of aromatic nitrogens is 5. The molecule has 0 fully saturated rings. The highest BCUT2D eigenvalue weighted by molar-refractivity contribution is 7.26. The lowest BCUT2D eigenvalue weighted by atomic mass is 9.67. The molecule has 0 N–H and O–H groups in total. The van der Waals surface area contributed by atoms with Gasteiger partial charge in [0.05, 0.1) is 28.1 Å². The summed E-state index contributed by atoms with van der Waals surface area (Å²) in [4.78, 5) is 20.3. The van der Waals surface area contributed by atoms with Crippen molar-refractivity contribution in [3.63, 3.8) is 0 Å². The minimum atomic E-state index is -0.674. The van der Waals surface area contributed by atoms with Crippen LogP contribution in [0.15, 0.2) is 188 Å². The normalized spacial score (nSPS) is 14.2. The number of nitrogens with zero attached hydrogens (tertiary/aromatic N) is 6. The van der Waals surface area contributed by atoms with Crippen molar-refractivity contribution in [1.82, 2.24) is 24.5 Å². The summed E-state index contributed by atoms with van der Waals surface area (Å²) >= 11 is 1.74. The van der Waals surface area contributed by atoms with Gasteiger partial charge in [0.25, 0.3) is 0 Å². The van der Waals surface area contributed by atoms with E-state index in [1.165, 1.54) is 32.3 Å². The van der Waals surface area contributed by atoms with Crippen LogP contribution in [0.5, 0.6) is 0 Å². The number of imidazole rings is 1. The Hall–Kier alpha value is -8.05. The minimum absolute atomic E-state index is 0.605. The minimum Gasteiger partial charge on any atom is -0.296 e. The van der Waals surface area contributed by atoms with E-state index in [-0.39, 0.29) is 0 Å². The molecule has 1 aliphatic carbocycles. The molecule has 12 rings (SSSR count). The molecule has 11 aromatic rings. The molecule has 0 saturated carbocycles. The molecule has 0 bridgehead atoms. The smallest absolute Gasteiger partial charge is 0.164 e. The molecule has 1 atom stereocenters. The van der Waals surface area contributed by atoms with Crippen LogP contribution in [0.1, 0.15) is 40.6 Å². The summed E-state index contributed by atoms with van der Waals surface area (Å²) in [6, 6.07) is 68.5. The van der Waals surface area contributed by atoms with E-state index < -0.39 is 5.41 Å². The van der Waals surface area contributed by atoms with Crippen LogP contribution in [-0.4, -0.2) is 24.5 Å². The lowest BCUT2D eigenvalue weighted by Gasteiger charge is -2.34. The quantitative estimate of drug-likeness (QED) is 0.160. The second-order valence-electron chi connectivity index (χ2n) is 16.0. The number of hydrogen-bond acceptors (Lipinski definition) is 6. The van der Waals surface area contributed by atoms with Crippen molar-refractivity contribution in [2.24, 2.45) is 0 Å². The van der Waals surface area contributed by atoms with E-state index in [1.807, 2.05) is 78.9 Å². The van der Waals surface area contributed by atoms with Crippen molar-refractivity contribution in [2.75, 3.05) is 0 Å². The van der Waals surface area contributed by atoms with Crippen molar-refractivity contribution in [3.8, 4) is 57.0 Å². The van der Waals surface area contributed by atoms with Gasteiger partial charge < -0.3 is 0 Å². The summed E-state index contributed by atoms with van der Waals surface area (Å²) in [5, 5.41) is 12.2. The first-order chi connectivity index (χ1) is 31.1. The maximum atomic E-state index is 9.90. The van der Waals surface area contributed by atoms with Gasteiger partial charge >= 0.3 is 0 Å². The number of aryl methyl sites for hydroxylation is 1. The van der Waals surface area contributed by atoms with E-state index in [4.69, 9.17) is 19.9 Å². The van der Waals surface area contributed by atoms with E-state index in [1.54, 1.807) is 11.3 Å². The topological polar surface area (TPSA) is 80.3 Å². The van der Waals surface area contributed by atoms with Crippen LogP contribution in [0, 0.1) is 11.3 Å². The fourth-order valence-electron chi connectivity index (χ4n) is 9.77. The molecule has 1 unspecified atom stereocenters. The largest absolute Gasteiger partial charge is 0.296 e. The maximum Gasteiger partial charge on any atom is 0.164 e. The molecule has 7 heteroatoms. The van der Waals surface area contributed by atoms with Crippen LogP contribution >= 0.6 is 11.3 Å². The van der Waals surface area contributed by atoms with E-state index >= 15 is 0 Å². The summed E-state index contributed by atoms with van der Waals surface area (Å²) in [6.07, 6.45) is 0.814. The number of benzene rings is 8. The zero-order valence-corrected chi connectivity index (χ0v) is 35.0.